The van der Waals surface area contributed by atoms with E-state index >= 15 is 0 Å². The average molecular weight is 951 g/mol. The topological polar surface area (TPSA) is 208 Å². The Bertz CT molecular complexity index is 1350. The van der Waals surface area contributed by atoms with Gasteiger partial charge in [-0.3, -0.25) is 23.2 Å². The number of aliphatic hydroxyl groups is 1. The normalized spacial score (nSPS) is 17.4. The van der Waals surface area contributed by atoms with Gasteiger partial charge in [0, 0.05) is 12.8 Å². The van der Waals surface area contributed by atoms with Gasteiger partial charge in [0.2, 0.25) is 0 Å². The molecule has 0 aromatic rings. The van der Waals surface area contributed by atoms with Gasteiger partial charge in [0.15, 0.2) is 6.10 Å². The Morgan fingerprint density at radius 3 is 1.69 bits per heavy atom. The Hall–Kier alpha value is -1.70. The fourth-order valence-electron chi connectivity index (χ4n) is 7.03. The van der Waals surface area contributed by atoms with Crippen molar-refractivity contribution in [3.05, 3.63) is 36.5 Å². The third-order valence-electron chi connectivity index (χ3n) is 10.9. The molecule has 374 valence electrons. The van der Waals surface area contributed by atoms with E-state index in [-0.39, 0.29) is 12.8 Å². The molecule has 1 heterocycles. The number of hydrogen-bond acceptors (Lipinski definition) is 11. The summed E-state index contributed by atoms with van der Waals surface area (Å²) >= 11 is 0. The minimum absolute atomic E-state index is 0.117. The van der Waals surface area contributed by atoms with Crippen LogP contribution in [0.1, 0.15) is 201 Å². The molecule has 0 bridgehead atoms. The second-order valence-electron chi connectivity index (χ2n) is 17.6. The number of ether oxygens (including phenoxy) is 3. The fraction of sp³-hybridized carbons (Fsp3) is 0.833. The van der Waals surface area contributed by atoms with Crippen molar-refractivity contribution in [2.45, 2.75) is 225 Å². The number of allylic oxidation sites excluding steroid dienone is 5. The first-order valence-corrected chi connectivity index (χ1v) is 27.7. The summed E-state index contributed by atoms with van der Waals surface area (Å²) in [4.78, 5) is 52.9. The number of epoxide rings is 1. The molecule has 5 atom stereocenters. The van der Waals surface area contributed by atoms with Crippen LogP contribution in [-0.2, 0) is 46.5 Å². The molecule has 16 heteroatoms. The highest BCUT2D eigenvalue weighted by atomic mass is 31.2. The van der Waals surface area contributed by atoms with Gasteiger partial charge in [0.1, 0.15) is 12.7 Å². The third-order valence-corrected chi connectivity index (χ3v) is 12.3. The highest BCUT2D eigenvalue weighted by Gasteiger charge is 2.36. The van der Waals surface area contributed by atoms with Gasteiger partial charge in [-0.05, 0) is 50.9 Å². The molecule has 0 spiro atoms. The minimum atomic E-state index is -4.87. The second-order valence-corrected chi connectivity index (χ2v) is 20.3. The molecule has 0 amide bonds. The summed E-state index contributed by atoms with van der Waals surface area (Å²) in [6, 6.07) is 0. The van der Waals surface area contributed by atoms with Crippen LogP contribution in [0.4, 0.5) is 0 Å². The Labute approximate surface area is 386 Å². The van der Waals surface area contributed by atoms with Gasteiger partial charge in [-0.1, -0.05) is 179 Å². The van der Waals surface area contributed by atoms with Crippen LogP contribution >= 0.6 is 15.6 Å². The molecule has 64 heavy (non-hydrogen) atoms. The summed E-state index contributed by atoms with van der Waals surface area (Å²) < 4.78 is 53.6. The number of aliphatic hydroxyl groups excluding tert-OH is 1. The molecule has 1 aliphatic heterocycles. The number of phosphoric acid groups is 2. The SMILES string of the molecule is CCCCCC1OC1C/C=C\C/C=C\C/C=C\CCCC(=O)OC[C@H](COP(=O)(O)OC[C@@H](O)COP(=O)(O)O)OC(=O)CCCCCCCCCCCCCCCCCCC(C)C. The summed E-state index contributed by atoms with van der Waals surface area (Å²) in [5, 5.41) is 9.77. The van der Waals surface area contributed by atoms with Gasteiger partial charge in [-0.2, -0.15) is 0 Å². The molecule has 1 saturated heterocycles. The lowest BCUT2D eigenvalue weighted by Crippen LogP contribution is -2.30. The van der Waals surface area contributed by atoms with Gasteiger partial charge >= 0.3 is 27.6 Å². The molecule has 0 aromatic carbocycles. The molecule has 0 saturated carbocycles. The lowest BCUT2D eigenvalue weighted by molar-refractivity contribution is -0.161. The molecule has 1 aliphatic rings. The Morgan fingerprint density at radius 2 is 1.11 bits per heavy atom. The first kappa shape index (κ1) is 60.3. The van der Waals surface area contributed by atoms with Gasteiger partial charge < -0.3 is 34.0 Å². The lowest BCUT2D eigenvalue weighted by Gasteiger charge is -2.20. The van der Waals surface area contributed by atoms with E-state index in [0.717, 1.165) is 44.4 Å². The van der Waals surface area contributed by atoms with Gasteiger partial charge in [-0.15, -0.1) is 0 Å². The van der Waals surface area contributed by atoms with Gasteiger partial charge in [-0.25, -0.2) is 9.13 Å². The Balaban J connectivity index is 2.33. The number of carbonyl (C=O) groups is 2. The molecule has 1 fully saturated rings. The molecule has 4 N–H and O–H groups in total. The van der Waals surface area contributed by atoms with E-state index in [1.54, 1.807) is 0 Å². The zero-order chi connectivity index (χ0) is 47.2. The second kappa shape index (κ2) is 39.3. The fourth-order valence-corrected chi connectivity index (χ4v) is 8.19. The van der Waals surface area contributed by atoms with Crippen LogP contribution in [0.3, 0.4) is 0 Å². The van der Waals surface area contributed by atoms with Crippen molar-refractivity contribution in [2.75, 3.05) is 26.4 Å². The summed E-state index contributed by atoms with van der Waals surface area (Å²) in [7, 11) is -9.70. The minimum Gasteiger partial charge on any atom is -0.462 e. The maximum Gasteiger partial charge on any atom is 0.472 e. The van der Waals surface area contributed by atoms with Crippen LogP contribution in [0.15, 0.2) is 36.5 Å². The van der Waals surface area contributed by atoms with E-state index < -0.39 is 66.2 Å². The molecule has 14 nitrogen and oxygen atoms in total. The summed E-state index contributed by atoms with van der Waals surface area (Å²) in [6.07, 6.45) is 40.3. The van der Waals surface area contributed by atoms with Crippen molar-refractivity contribution in [3.63, 3.8) is 0 Å². The standard InChI is InChI=1S/C48H88O14P2/c1-4-5-28-34-45-46(62-45)35-30-25-21-17-14-15-18-22-26-31-36-47(50)57-40-44(41-60-64(55,56)59-39-43(49)38-58-63(52,53)54)61-48(51)37-32-27-23-19-13-11-9-7-6-8-10-12-16-20-24-29-33-42(2)3/h14,17-18,22,25,30,42-46,49H,4-13,15-16,19-21,23-24,26-29,31-41H2,1-3H3,(H,55,56)(H2,52,53,54)/b17-14-,22-18-,30-25-/t43-,44+,45?,46?/m0/s1. The van der Waals surface area contributed by atoms with E-state index in [9.17, 15) is 28.7 Å². The van der Waals surface area contributed by atoms with Crippen LogP contribution in [-0.4, -0.2) is 82.6 Å². The highest BCUT2D eigenvalue weighted by Crippen LogP contribution is 2.44. The van der Waals surface area contributed by atoms with Crippen LogP contribution in [0.2, 0.25) is 0 Å². The molecule has 1 rings (SSSR count). The molecule has 3 unspecified atom stereocenters. The first-order chi connectivity index (χ1) is 30.7. The van der Waals surface area contributed by atoms with Crippen molar-refractivity contribution in [1.29, 1.82) is 0 Å². The van der Waals surface area contributed by atoms with Crippen LogP contribution in [0.5, 0.6) is 0 Å². The Morgan fingerprint density at radius 1 is 0.594 bits per heavy atom. The number of phosphoric ester groups is 2. The summed E-state index contributed by atoms with van der Waals surface area (Å²) in [6.45, 7) is 4.03. The number of hydrogen-bond donors (Lipinski definition) is 4. The van der Waals surface area contributed by atoms with Crippen molar-refractivity contribution < 1.29 is 66.3 Å². The molecule has 0 aromatic heterocycles. The van der Waals surface area contributed by atoms with Crippen LogP contribution < -0.4 is 0 Å². The zero-order valence-electron chi connectivity index (χ0n) is 39.7. The van der Waals surface area contributed by atoms with Crippen molar-refractivity contribution in [3.8, 4) is 0 Å². The predicted molar refractivity (Wildman–Crippen MR) is 252 cm³/mol. The maximum absolute atomic E-state index is 12.7. The number of carbonyl (C=O) groups excluding carboxylic acids is 2. The van der Waals surface area contributed by atoms with E-state index in [4.69, 9.17) is 33.0 Å². The summed E-state index contributed by atoms with van der Waals surface area (Å²) in [5.74, 6) is -0.276. The molecule has 0 radical (unpaired) electrons. The van der Waals surface area contributed by atoms with E-state index in [1.807, 2.05) is 12.2 Å². The maximum atomic E-state index is 12.7. The van der Waals surface area contributed by atoms with Crippen molar-refractivity contribution in [1.82, 2.24) is 0 Å². The Kier molecular flexibility index (Phi) is 37.0. The predicted octanol–water partition coefficient (Wildman–Crippen LogP) is 12.1. The number of unbranched alkanes of at least 4 members (excludes halogenated alkanes) is 18. The highest BCUT2D eigenvalue weighted by molar-refractivity contribution is 7.47. The van der Waals surface area contributed by atoms with Crippen molar-refractivity contribution in [2.24, 2.45) is 5.92 Å². The largest absolute Gasteiger partial charge is 0.472 e. The molecular formula is C48H88O14P2. The number of esters is 2. The third kappa shape index (κ3) is 40.6. The van der Waals surface area contributed by atoms with E-state index in [1.165, 1.54) is 109 Å². The van der Waals surface area contributed by atoms with Crippen LogP contribution in [0.25, 0.3) is 0 Å². The summed E-state index contributed by atoms with van der Waals surface area (Å²) in [5.41, 5.74) is 0. The zero-order valence-corrected chi connectivity index (χ0v) is 41.5. The lowest BCUT2D eigenvalue weighted by atomic mass is 10.0. The van der Waals surface area contributed by atoms with E-state index in [0.29, 0.717) is 31.5 Å². The van der Waals surface area contributed by atoms with Gasteiger partial charge in [0.05, 0.1) is 32.0 Å². The monoisotopic (exact) mass is 951 g/mol. The number of rotatable bonds is 45. The smallest absolute Gasteiger partial charge is 0.462 e. The van der Waals surface area contributed by atoms with Crippen molar-refractivity contribution >= 4 is 27.6 Å². The average Bonchev–Trinajstić information content (AvgIpc) is 4.00. The van der Waals surface area contributed by atoms with Gasteiger partial charge in [0.25, 0.3) is 0 Å². The van der Waals surface area contributed by atoms with E-state index in [2.05, 4.69) is 49.6 Å². The van der Waals surface area contributed by atoms with Crippen LogP contribution in [0, 0.1) is 5.92 Å². The molecule has 0 aliphatic carbocycles. The molecular weight excluding hydrogens is 862 g/mol. The first-order valence-electron chi connectivity index (χ1n) is 24.7. The quantitative estimate of drug-likeness (QED) is 0.0147.